The average Bonchev–Trinajstić information content (AvgIpc) is 2.44. The molecule has 2 heteroatoms. The Balaban J connectivity index is 2.24. The predicted molar refractivity (Wildman–Crippen MR) is 53.6 cm³/mol. The van der Waals surface area contributed by atoms with Crippen LogP contribution in [0.3, 0.4) is 0 Å². The van der Waals surface area contributed by atoms with Crippen molar-refractivity contribution < 1.29 is 0 Å². The highest BCUT2D eigenvalue weighted by Gasteiger charge is 2.19. The standard InChI is InChI=1S/C11H16N2/c1-2-3-10-5-4-8-6-9(12)7-11(8)13-10/h4-5,9H,2-3,6-7,12H2,1H3. The first-order valence-corrected chi connectivity index (χ1v) is 5.03. The lowest BCUT2D eigenvalue weighted by Gasteiger charge is -2.01. The number of fused-ring (bicyclic) bond motifs is 1. The molecule has 0 bridgehead atoms. The van der Waals surface area contributed by atoms with Gasteiger partial charge in [-0.3, -0.25) is 4.98 Å². The van der Waals surface area contributed by atoms with Crippen LogP contribution >= 0.6 is 0 Å². The molecule has 1 atom stereocenters. The van der Waals surface area contributed by atoms with E-state index in [0.29, 0.717) is 6.04 Å². The van der Waals surface area contributed by atoms with Gasteiger partial charge in [0.1, 0.15) is 0 Å². The normalized spacial score (nSPS) is 20.3. The van der Waals surface area contributed by atoms with Crippen molar-refractivity contribution in [1.82, 2.24) is 4.98 Å². The molecule has 13 heavy (non-hydrogen) atoms. The summed E-state index contributed by atoms with van der Waals surface area (Å²) < 4.78 is 0. The quantitative estimate of drug-likeness (QED) is 0.741. The SMILES string of the molecule is CCCc1ccc2c(n1)CC(N)C2. The van der Waals surface area contributed by atoms with E-state index in [-0.39, 0.29) is 0 Å². The monoisotopic (exact) mass is 176 g/mol. The Morgan fingerprint density at radius 2 is 2.31 bits per heavy atom. The number of nitrogens with zero attached hydrogens (tertiary/aromatic N) is 1. The zero-order valence-electron chi connectivity index (χ0n) is 8.09. The number of pyridine rings is 1. The van der Waals surface area contributed by atoms with E-state index in [0.717, 1.165) is 25.7 Å². The number of nitrogens with two attached hydrogens (primary N) is 1. The van der Waals surface area contributed by atoms with Crippen LogP contribution in [-0.4, -0.2) is 11.0 Å². The lowest BCUT2D eigenvalue weighted by molar-refractivity contribution is 0.714. The highest BCUT2D eigenvalue weighted by Crippen LogP contribution is 2.19. The van der Waals surface area contributed by atoms with Gasteiger partial charge in [0.2, 0.25) is 0 Å². The molecule has 0 saturated heterocycles. The number of aryl methyl sites for hydroxylation is 1. The first-order chi connectivity index (χ1) is 6.29. The van der Waals surface area contributed by atoms with Crippen LogP contribution in [0.2, 0.25) is 0 Å². The van der Waals surface area contributed by atoms with E-state index in [1.165, 1.54) is 17.0 Å². The van der Waals surface area contributed by atoms with Crippen LogP contribution in [0.1, 0.15) is 30.3 Å². The highest BCUT2D eigenvalue weighted by atomic mass is 14.8. The van der Waals surface area contributed by atoms with E-state index >= 15 is 0 Å². The maximum absolute atomic E-state index is 5.87. The third-order valence-electron chi connectivity index (χ3n) is 2.57. The van der Waals surface area contributed by atoms with Gasteiger partial charge in [-0.2, -0.15) is 0 Å². The van der Waals surface area contributed by atoms with Gasteiger partial charge in [-0.25, -0.2) is 0 Å². The molecule has 1 unspecified atom stereocenters. The van der Waals surface area contributed by atoms with Gasteiger partial charge >= 0.3 is 0 Å². The van der Waals surface area contributed by atoms with Crippen LogP contribution in [0.4, 0.5) is 0 Å². The molecule has 1 aromatic heterocycles. The second kappa shape index (κ2) is 3.46. The van der Waals surface area contributed by atoms with Gasteiger partial charge in [-0.15, -0.1) is 0 Å². The summed E-state index contributed by atoms with van der Waals surface area (Å²) in [6.45, 7) is 2.18. The van der Waals surface area contributed by atoms with E-state index in [4.69, 9.17) is 5.73 Å². The second-order valence-corrected chi connectivity index (χ2v) is 3.83. The zero-order chi connectivity index (χ0) is 9.26. The maximum atomic E-state index is 5.87. The molecule has 0 spiro atoms. The number of rotatable bonds is 2. The molecule has 1 aliphatic carbocycles. The molecule has 0 fully saturated rings. The van der Waals surface area contributed by atoms with Crippen molar-refractivity contribution in [2.45, 2.75) is 38.6 Å². The molecule has 0 amide bonds. The Bertz CT molecular complexity index is 307. The first-order valence-electron chi connectivity index (χ1n) is 5.03. The lowest BCUT2D eigenvalue weighted by Crippen LogP contribution is -2.19. The Hall–Kier alpha value is -0.890. The van der Waals surface area contributed by atoms with Crippen molar-refractivity contribution in [2.24, 2.45) is 5.73 Å². The van der Waals surface area contributed by atoms with E-state index in [2.05, 4.69) is 24.0 Å². The molecular weight excluding hydrogens is 160 g/mol. The summed E-state index contributed by atoms with van der Waals surface area (Å²) in [6.07, 6.45) is 4.22. The summed E-state index contributed by atoms with van der Waals surface area (Å²) in [6, 6.07) is 4.64. The molecular formula is C11H16N2. The van der Waals surface area contributed by atoms with Gasteiger partial charge in [0.05, 0.1) is 0 Å². The highest BCUT2D eigenvalue weighted by molar-refractivity contribution is 5.29. The second-order valence-electron chi connectivity index (χ2n) is 3.83. The molecule has 2 nitrogen and oxygen atoms in total. The number of hydrogen-bond donors (Lipinski definition) is 1. The molecule has 1 aromatic rings. The molecule has 2 rings (SSSR count). The molecule has 1 aliphatic rings. The summed E-state index contributed by atoms with van der Waals surface area (Å²) in [5.74, 6) is 0. The van der Waals surface area contributed by atoms with Gasteiger partial charge in [0.15, 0.2) is 0 Å². The van der Waals surface area contributed by atoms with Crippen LogP contribution < -0.4 is 5.73 Å². The van der Waals surface area contributed by atoms with Gasteiger partial charge in [-0.05, 0) is 24.5 Å². The fraction of sp³-hybridized carbons (Fsp3) is 0.545. The lowest BCUT2D eigenvalue weighted by atomic mass is 10.1. The predicted octanol–water partition coefficient (Wildman–Crippen LogP) is 1.46. The van der Waals surface area contributed by atoms with Crippen molar-refractivity contribution in [3.05, 3.63) is 29.1 Å². The Morgan fingerprint density at radius 3 is 3.08 bits per heavy atom. The molecule has 70 valence electrons. The molecule has 1 heterocycles. The maximum Gasteiger partial charge on any atom is 0.0455 e. The van der Waals surface area contributed by atoms with E-state index in [1.807, 2.05) is 0 Å². The van der Waals surface area contributed by atoms with E-state index < -0.39 is 0 Å². The van der Waals surface area contributed by atoms with Crippen LogP contribution in [0.25, 0.3) is 0 Å². The van der Waals surface area contributed by atoms with Crippen LogP contribution in [-0.2, 0) is 19.3 Å². The average molecular weight is 176 g/mol. The minimum absolute atomic E-state index is 0.305. The Kier molecular flexibility index (Phi) is 2.32. The largest absolute Gasteiger partial charge is 0.327 e. The summed E-state index contributed by atoms with van der Waals surface area (Å²) in [4.78, 5) is 4.61. The third-order valence-corrected chi connectivity index (χ3v) is 2.57. The van der Waals surface area contributed by atoms with Gasteiger partial charge < -0.3 is 5.73 Å². The number of hydrogen-bond acceptors (Lipinski definition) is 2. The molecule has 2 N–H and O–H groups in total. The third kappa shape index (κ3) is 1.73. The van der Waals surface area contributed by atoms with Crippen molar-refractivity contribution in [1.29, 1.82) is 0 Å². The molecule has 0 aliphatic heterocycles. The van der Waals surface area contributed by atoms with Crippen LogP contribution in [0.15, 0.2) is 12.1 Å². The van der Waals surface area contributed by atoms with Crippen molar-refractivity contribution in [3.8, 4) is 0 Å². The summed E-state index contributed by atoms with van der Waals surface area (Å²) in [5, 5.41) is 0. The Labute approximate surface area is 79.2 Å². The topological polar surface area (TPSA) is 38.9 Å². The smallest absolute Gasteiger partial charge is 0.0455 e. The summed E-state index contributed by atoms with van der Waals surface area (Å²) >= 11 is 0. The van der Waals surface area contributed by atoms with Gasteiger partial charge in [-0.1, -0.05) is 19.4 Å². The van der Waals surface area contributed by atoms with E-state index in [1.54, 1.807) is 0 Å². The molecule has 0 aromatic carbocycles. The Morgan fingerprint density at radius 1 is 1.46 bits per heavy atom. The van der Waals surface area contributed by atoms with Crippen molar-refractivity contribution in [3.63, 3.8) is 0 Å². The van der Waals surface area contributed by atoms with E-state index in [9.17, 15) is 0 Å². The van der Waals surface area contributed by atoms with Crippen LogP contribution in [0.5, 0.6) is 0 Å². The zero-order valence-corrected chi connectivity index (χ0v) is 8.09. The fourth-order valence-electron chi connectivity index (χ4n) is 1.94. The van der Waals surface area contributed by atoms with Gasteiger partial charge in [0.25, 0.3) is 0 Å². The fourth-order valence-corrected chi connectivity index (χ4v) is 1.94. The van der Waals surface area contributed by atoms with Crippen molar-refractivity contribution >= 4 is 0 Å². The molecule has 0 radical (unpaired) electrons. The minimum Gasteiger partial charge on any atom is -0.327 e. The summed E-state index contributed by atoms with van der Waals surface area (Å²) in [5.41, 5.74) is 9.68. The summed E-state index contributed by atoms with van der Waals surface area (Å²) in [7, 11) is 0. The van der Waals surface area contributed by atoms with Crippen LogP contribution in [0, 0.1) is 0 Å². The minimum atomic E-state index is 0.305. The number of aromatic nitrogens is 1. The first kappa shape index (κ1) is 8.70. The van der Waals surface area contributed by atoms with Crippen molar-refractivity contribution in [2.75, 3.05) is 0 Å². The van der Waals surface area contributed by atoms with Gasteiger partial charge in [0, 0.05) is 23.9 Å². The molecule has 0 saturated carbocycles.